The zero-order chi connectivity index (χ0) is 20.0. The van der Waals surface area contributed by atoms with Crippen LogP contribution >= 0.6 is 0 Å². The van der Waals surface area contributed by atoms with E-state index in [1.165, 1.54) is 48.5 Å². The van der Waals surface area contributed by atoms with E-state index in [2.05, 4.69) is 10.0 Å². The van der Waals surface area contributed by atoms with E-state index in [1.54, 1.807) is 0 Å². The van der Waals surface area contributed by atoms with Crippen molar-refractivity contribution in [3.05, 3.63) is 101 Å². The molecule has 28 heavy (non-hydrogen) atoms. The highest BCUT2D eigenvalue weighted by molar-refractivity contribution is 7.89. The first-order valence-electron chi connectivity index (χ1n) is 8.60. The molecule has 0 aliphatic heterocycles. The maximum absolute atomic E-state index is 12.9. The topological polar surface area (TPSA) is 75.3 Å². The van der Waals surface area contributed by atoms with Crippen LogP contribution in [0.4, 0.5) is 4.39 Å². The standard InChI is InChI=1S/C21H19FN2O3S/c22-19-10-6-17(7-11-19)15-24-28(26,27)20-12-8-18(9-13-20)21(25)23-14-16-4-2-1-3-5-16/h1-13,24H,14-15H2,(H,23,25). The van der Waals surface area contributed by atoms with Crippen LogP contribution in [0.1, 0.15) is 21.5 Å². The number of halogens is 1. The van der Waals surface area contributed by atoms with Gasteiger partial charge in [-0.3, -0.25) is 4.79 Å². The lowest BCUT2D eigenvalue weighted by molar-refractivity contribution is 0.0951. The average molecular weight is 398 g/mol. The Balaban J connectivity index is 1.60. The van der Waals surface area contributed by atoms with Gasteiger partial charge in [0, 0.05) is 18.7 Å². The number of sulfonamides is 1. The molecule has 1 amide bonds. The molecule has 7 heteroatoms. The van der Waals surface area contributed by atoms with Crippen molar-refractivity contribution < 1.29 is 17.6 Å². The number of amides is 1. The number of benzene rings is 3. The van der Waals surface area contributed by atoms with E-state index in [0.29, 0.717) is 17.7 Å². The van der Waals surface area contributed by atoms with Crippen molar-refractivity contribution in [1.82, 2.24) is 10.0 Å². The predicted molar refractivity (Wildman–Crippen MR) is 104 cm³/mol. The van der Waals surface area contributed by atoms with E-state index in [0.717, 1.165) is 5.56 Å². The van der Waals surface area contributed by atoms with Crippen LogP contribution in [0, 0.1) is 5.82 Å². The Kier molecular flexibility index (Phi) is 6.18. The van der Waals surface area contributed by atoms with E-state index < -0.39 is 10.0 Å². The molecule has 0 fully saturated rings. The van der Waals surface area contributed by atoms with Crippen LogP contribution in [0.15, 0.2) is 83.8 Å². The lowest BCUT2D eigenvalue weighted by Crippen LogP contribution is -2.24. The fourth-order valence-electron chi connectivity index (χ4n) is 2.53. The number of hydrogen-bond acceptors (Lipinski definition) is 3. The Labute approximate surface area is 163 Å². The average Bonchev–Trinajstić information content (AvgIpc) is 2.72. The van der Waals surface area contributed by atoms with Crippen LogP contribution in [0.5, 0.6) is 0 Å². The minimum absolute atomic E-state index is 0.0436. The highest BCUT2D eigenvalue weighted by Crippen LogP contribution is 2.12. The van der Waals surface area contributed by atoms with Gasteiger partial charge in [-0.2, -0.15) is 0 Å². The van der Waals surface area contributed by atoms with Gasteiger partial charge in [0.15, 0.2) is 0 Å². The molecule has 0 aliphatic carbocycles. The van der Waals surface area contributed by atoms with Crippen LogP contribution in [0.2, 0.25) is 0 Å². The van der Waals surface area contributed by atoms with Gasteiger partial charge in [-0.15, -0.1) is 0 Å². The molecule has 0 spiro atoms. The molecule has 0 heterocycles. The molecule has 0 atom stereocenters. The zero-order valence-corrected chi connectivity index (χ0v) is 15.7. The summed E-state index contributed by atoms with van der Waals surface area (Å²) in [6.45, 7) is 0.431. The van der Waals surface area contributed by atoms with Crippen molar-refractivity contribution in [1.29, 1.82) is 0 Å². The Morgan fingerprint density at radius 3 is 2.04 bits per heavy atom. The molecule has 5 nitrogen and oxygen atoms in total. The summed E-state index contributed by atoms with van der Waals surface area (Å²) in [6.07, 6.45) is 0. The largest absolute Gasteiger partial charge is 0.348 e. The Hall–Kier alpha value is -3.03. The van der Waals surface area contributed by atoms with Gasteiger partial charge in [-0.25, -0.2) is 17.5 Å². The molecule has 144 valence electrons. The smallest absolute Gasteiger partial charge is 0.251 e. The van der Waals surface area contributed by atoms with E-state index in [9.17, 15) is 17.6 Å². The Morgan fingerprint density at radius 2 is 1.39 bits per heavy atom. The second-order valence-electron chi connectivity index (χ2n) is 6.14. The summed E-state index contributed by atoms with van der Waals surface area (Å²) in [5, 5.41) is 2.79. The molecule has 0 aliphatic rings. The van der Waals surface area contributed by atoms with Crippen LogP contribution in [0.3, 0.4) is 0 Å². The van der Waals surface area contributed by atoms with Crippen molar-refractivity contribution >= 4 is 15.9 Å². The molecular weight excluding hydrogens is 379 g/mol. The van der Waals surface area contributed by atoms with Crippen molar-refractivity contribution in [2.24, 2.45) is 0 Å². The molecule has 0 bridgehead atoms. The van der Waals surface area contributed by atoms with Crippen molar-refractivity contribution in [2.45, 2.75) is 18.0 Å². The lowest BCUT2D eigenvalue weighted by Gasteiger charge is -2.09. The van der Waals surface area contributed by atoms with E-state index in [4.69, 9.17) is 0 Å². The van der Waals surface area contributed by atoms with Crippen LogP contribution in [-0.4, -0.2) is 14.3 Å². The fourth-order valence-corrected chi connectivity index (χ4v) is 3.55. The van der Waals surface area contributed by atoms with E-state index >= 15 is 0 Å². The number of carbonyl (C=O) groups excluding carboxylic acids is 1. The minimum atomic E-state index is -3.74. The molecule has 0 unspecified atom stereocenters. The normalized spacial score (nSPS) is 11.2. The first kappa shape index (κ1) is 19.7. The first-order chi connectivity index (χ1) is 13.4. The summed E-state index contributed by atoms with van der Waals surface area (Å²) in [5.74, 6) is -0.667. The van der Waals surface area contributed by atoms with Crippen LogP contribution in [0.25, 0.3) is 0 Å². The third-order valence-electron chi connectivity index (χ3n) is 4.10. The SMILES string of the molecule is O=C(NCc1ccccc1)c1ccc(S(=O)(=O)NCc2ccc(F)cc2)cc1. The number of rotatable bonds is 7. The Morgan fingerprint density at radius 1 is 0.786 bits per heavy atom. The van der Waals surface area contributed by atoms with Gasteiger partial charge in [0.1, 0.15) is 5.82 Å². The number of carbonyl (C=O) groups is 1. The summed E-state index contributed by atoms with van der Waals surface area (Å²) in [5.41, 5.74) is 1.98. The molecule has 0 saturated heterocycles. The predicted octanol–water partition coefficient (Wildman–Crippen LogP) is 3.23. The molecule has 3 aromatic rings. The third-order valence-corrected chi connectivity index (χ3v) is 5.52. The number of hydrogen-bond donors (Lipinski definition) is 2. The van der Waals surface area contributed by atoms with Gasteiger partial charge in [-0.1, -0.05) is 42.5 Å². The van der Waals surface area contributed by atoms with Gasteiger partial charge in [-0.05, 0) is 47.5 Å². The number of nitrogens with one attached hydrogen (secondary N) is 2. The Bertz CT molecular complexity index is 1040. The van der Waals surface area contributed by atoms with Gasteiger partial charge in [0.05, 0.1) is 4.90 Å². The molecule has 0 saturated carbocycles. The third kappa shape index (κ3) is 5.25. The lowest BCUT2D eigenvalue weighted by atomic mass is 10.2. The first-order valence-corrected chi connectivity index (χ1v) is 10.1. The quantitative estimate of drug-likeness (QED) is 0.642. The molecule has 3 aromatic carbocycles. The zero-order valence-electron chi connectivity index (χ0n) is 14.9. The van der Waals surface area contributed by atoms with Gasteiger partial charge < -0.3 is 5.32 Å². The monoisotopic (exact) mass is 398 g/mol. The van der Waals surface area contributed by atoms with Crippen molar-refractivity contribution in [2.75, 3.05) is 0 Å². The summed E-state index contributed by atoms with van der Waals surface area (Å²) in [7, 11) is -3.74. The second-order valence-corrected chi connectivity index (χ2v) is 7.91. The summed E-state index contributed by atoms with van der Waals surface area (Å²) >= 11 is 0. The maximum Gasteiger partial charge on any atom is 0.251 e. The van der Waals surface area contributed by atoms with E-state index in [-0.39, 0.29) is 23.2 Å². The maximum atomic E-state index is 12.9. The van der Waals surface area contributed by atoms with Gasteiger partial charge in [0.2, 0.25) is 10.0 Å². The molecule has 0 aromatic heterocycles. The summed E-state index contributed by atoms with van der Waals surface area (Å²) in [4.78, 5) is 12.3. The minimum Gasteiger partial charge on any atom is -0.348 e. The molecule has 3 rings (SSSR count). The highest BCUT2D eigenvalue weighted by Gasteiger charge is 2.15. The summed E-state index contributed by atoms with van der Waals surface area (Å²) in [6, 6.07) is 20.7. The van der Waals surface area contributed by atoms with Crippen molar-refractivity contribution in [3.63, 3.8) is 0 Å². The fraction of sp³-hybridized carbons (Fsp3) is 0.0952. The van der Waals surface area contributed by atoms with Crippen LogP contribution in [-0.2, 0) is 23.1 Å². The van der Waals surface area contributed by atoms with Gasteiger partial charge >= 0.3 is 0 Å². The molecule has 2 N–H and O–H groups in total. The molecular formula is C21H19FN2O3S. The second kappa shape index (κ2) is 8.77. The van der Waals surface area contributed by atoms with Crippen molar-refractivity contribution in [3.8, 4) is 0 Å². The highest BCUT2D eigenvalue weighted by atomic mass is 32.2. The van der Waals surface area contributed by atoms with E-state index in [1.807, 2.05) is 30.3 Å². The van der Waals surface area contributed by atoms with Crippen LogP contribution < -0.4 is 10.0 Å². The summed E-state index contributed by atoms with van der Waals surface area (Å²) < 4.78 is 40.1. The van der Waals surface area contributed by atoms with Gasteiger partial charge in [0.25, 0.3) is 5.91 Å². The molecule has 0 radical (unpaired) electrons.